The topological polar surface area (TPSA) is 52.0 Å². The van der Waals surface area contributed by atoms with Crippen LogP contribution >= 0.6 is 11.6 Å². The Morgan fingerprint density at radius 1 is 1.67 bits per heavy atom. The maximum Gasteiger partial charge on any atom is 0.148 e. The van der Waals surface area contributed by atoms with Crippen molar-refractivity contribution in [2.75, 3.05) is 25.0 Å². The van der Waals surface area contributed by atoms with Crippen molar-refractivity contribution in [3.63, 3.8) is 0 Å². The van der Waals surface area contributed by atoms with Crippen molar-refractivity contribution < 1.29 is 0 Å². The second-order valence-electron chi connectivity index (χ2n) is 4.59. The van der Waals surface area contributed by atoms with Crippen LogP contribution in [-0.2, 0) is 0 Å². The van der Waals surface area contributed by atoms with Gasteiger partial charge in [0.25, 0.3) is 0 Å². The van der Waals surface area contributed by atoms with E-state index < -0.39 is 0 Å². The Hall–Kier alpha value is -1.31. The highest BCUT2D eigenvalue weighted by atomic mass is 35.5. The summed E-state index contributed by atoms with van der Waals surface area (Å²) in [4.78, 5) is 6.74. The number of anilines is 1. The van der Waals surface area contributed by atoms with Crippen molar-refractivity contribution in [2.24, 2.45) is 0 Å². The van der Waals surface area contributed by atoms with Gasteiger partial charge in [-0.25, -0.2) is 4.98 Å². The number of aryl methyl sites for hydroxylation is 1. The third-order valence-electron chi connectivity index (χ3n) is 3.36. The molecule has 1 aromatic rings. The minimum Gasteiger partial charge on any atom is -0.351 e. The molecule has 0 spiro atoms. The van der Waals surface area contributed by atoms with Crippen molar-refractivity contribution in [3.8, 4) is 6.07 Å². The molecule has 1 saturated heterocycles. The van der Waals surface area contributed by atoms with E-state index in [2.05, 4.69) is 21.3 Å². The molecular weight excluding hydrogens is 248 g/mol. The molecule has 1 unspecified atom stereocenters. The van der Waals surface area contributed by atoms with Crippen LogP contribution < -0.4 is 10.2 Å². The number of nitriles is 1. The first-order valence-electron chi connectivity index (χ1n) is 6.16. The first kappa shape index (κ1) is 13.1. The molecule has 1 aromatic heterocycles. The molecule has 5 heteroatoms. The molecule has 2 rings (SSSR count). The molecule has 0 aliphatic carbocycles. The fourth-order valence-electron chi connectivity index (χ4n) is 2.45. The lowest BCUT2D eigenvalue weighted by Crippen LogP contribution is -2.37. The first-order chi connectivity index (χ1) is 8.67. The lowest BCUT2D eigenvalue weighted by molar-refractivity contribution is 0.611. The van der Waals surface area contributed by atoms with Crippen LogP contribution in [0.25, 0.3) is 0 Å². The Bertz CT molecular complexity index is 481. The number of nitrogens with zero attached hydrogens (tertiary/aromatic N) is 3. The van der Waals surface area contributed by atoms with Crippen LogP contribution in [0.3, 0.4) is 0 Å². The quantitative estimate of drug-likeness (QED) is 0.908. The van der Waals surface area contributed by atoms with Gasteiger partial charge in [0.1, 0.15) is 11.9 Å². The van der Waals surface area contributed by atoms with Gasteiger partial charge in [0.05, 0.1) is 16.3 Å². The predicted molar refractivity (Wildman–Crippen MR) is 73.0 cm³/mol. The molecule has 96 valence electrons. The van der Waals surface area contributed by atoms with Gasteiger partial charge in [0, 0.05) is 19.1 Å². The maximum absolute atomic E-state index is 8.96. The molecule has 0 bridgehead atoms. The number of hydrogen-bond acceptors (Lipinski definition) is 4. The van der Waals surface area contributed by atoms with Gasteiger partial charge in [-0.1, -0.05) is 11.6 Å². The van der Waals surface area contributed by atoms with Crippen molar-refractivity contribution in [2.45, 2.75) is 25.8 Å². The number of aromatic nitrogens is 1. The Balaban J connectivity index is 2.33. The minimum absolute atomic E-state index is 0.437. The average Bonchev–Trinajstić information content (AvgIpc) is 2.80. The van der Waals surface area contributed by atoms with Crippen LogP contribution in [0.1, 0.15) is 24.1 Å². The molecule has 18 heavy (non-hydrogen) atoms. The predicted octanol–water partition coefficient (Wildman–Crippen LogP) is 2.10. The standard InChI is InChI=1S/C13H17ClN4/c1-9-10(7-15)6-12(14)13(17-9)18-5-3-4-11(18)8-16-2/h6,11,16H,3-5,8H2,1-2H3. The fraction of sp³-hybridized carbons (Fsp3) is 0.538. The first-order valence-corrected chi connectivity index (χ1v) is 6.53. The molecular formula is C13H17ClN4. The van der Waals surface area contributed by atoms with E-state index in [4.69, 9.17) is 16.9 Å². The van der Waals surface area contributed by atoms with Crippen LogP contribution in [0, 0.1) is 18.3 Å². The third kappa shape index (κ3) is 2.43. The summed E-state index contributed by atoms with van der Waals surface area (Å²) in [6.07, 6.45) is 2.31. The summed E-state index contributed by atoms with van der Waals surface area (Å²) >= 11 is 6.25. The van der Waals surface area contributed by atoms with Crippen molar-refractivity contribution in [3.05, 3.63) is 22.3 Å². The van der Waals surface area contributed by atoms with E-state index in [9.17, 15) is 0 Å². The molecule has 1 fully saturated rings. The van der Waals surface area contributed by atoms with E-state index in [1.54, 1.807) is 6.07 Å². The zero-order chi connectivity index (χ0) is 13.1. The fourth-order valence-corrected chi connectivity index (χ4v) is 2.71. The van der Waals surface area contributed by atoms with E-state index in [0.29, 0.717) is 16.6 Å². The van der Waals surface area contributed by atoms with Gasteiger partial charge in [-0.2, -0.15) is 5.26 Å². The van der Waals surface area contributed by atoms with Crippen LogP contribution in [0.2, 0.25) is 5.02 Å². The van der Waals surface area contributed by atoms with Gasteiger partial charge in [0.2, 0.25) is 0 Å². The van der Waals surface area contributed by atoms with Crippen molar-refractivity contribution in [1.29, 1.82) is 5.26 Å². The van der Waals surface area contributed by atoms with E-state index in [1.165, 1.54) is 0 Å². The molecule has 0 radical (unpaired) electrons. The monoisotopic (exact) mass is 264 g/mol. The second kappa shape index (κ2) is 5.55. The van der Waals surface area contributed by atoms with E-state index >= 15 is 0 Å². The molecule has 4 nitrogen and oxygen atoms in total. The number of rotatable bonds is 3. The summed E-state index contributed by atoms with van der Waals surface area (Å²) in [5.41, 5.74) is 1.29. The lowest BCUT2D eigenvalue weighted by atomic mass is 10.2. The molecule has 1 atom stereocenters. The van der Waals surface area contributed by atoms with Crippen molar-refractivity contribution >= 4 is 17.4 Å². The molecule has 0 saturated carbocycles. The number of pyridine rings is 1. The van der Waals surface area contributed by atoms with Gasteiger partial charge >= 0.3 is 0 Å². The molecule has 1 aliphatic rings. The highest BCUT2D eigenvalue weighted by molar-refractivity contribution is 6.33. The Kier molecular flexibility index (Phi) is 4.05. The second-order valence-corrected chi connectivity index (χ2v) is 4.99. The van der Waals surface area contributed by atoms with Gasteiger partial charge in [-0.05, 0) is 32.9 Å². The molecule has 0 amide bonds. The van der Waals surface area contributed by atoms with Crippen LogP contribution in [-0.4, -0.2) is 31.2 Å². The van der Waals surface area contributed by atoms with Crippen LogP contribution in [0.4, 0.5) is 5.82 Å². The SMILES string of the molecule is CNCC1CCCN1c1nc(C)c(C#N)cc1Cl. The smallest absolute Gasteiger partial charge is 0.148 e. The van der Waals surface area contributed by atoms with Gasteiger partial charge in [-0.15, -0.1) is 0 Å². The Morgan fingerprint density at radius 3 is 3.11 bits per heavy atom. The molecule has 0 aromatic carbocycles. The van der Waals surface area contributed by atoms with Crippen LogP contribution in [0.15, 0.2) is 6.07 Å². The number of nitrogens with one attached hydrogen (secondary N) is 1. The van der Waals surface area contributed by atoms with Gasteiger partial charge < -0.3 is 10.2 Å². The van der Waals surface area contributed by atoms with E-state index in [1.807, 2.05) is 14.0 Å². The normalized spacial score (nSPS) is 19.0. The molecule has 1 aliphatic heterocycles. The molecule has 1 N–H and O–H groups in total. The summed E-state index contributed by atoms with van der Waals surface area (Å²) in [6.45, 7) is 3.75. The average molecular weight is 265 g/mol. The highest BCUT2D eigenvalue weighted by Gasteiger charge is 2.27. The third-order valence-corrected chi connectivity index (χ3v) is 3.64. The summed E-state index contributed by atoms with van der Waals surface area (Å²) in [5, 5.41) is 12.7. The summed E-state index contributed by atoms with van der Waals surface area (Å²) in [5.74, 6) is 0.811. The summed E-state index contributed by atoms with van der Waals surface area (Å²) < 4.78 is 0. The zero-order valence-corrected chi connectivity index (χ0v) is 11.5. The number of hydrogen-bond donors (Lipinski definition) is 1. The lowest BCUT2D eigenvalue weighted by Gasteiger charge is -2.26. The summed E-state index contributed by atoms with van der Waals surface area (Å²) in [7, 11) is 1.95. The summed E-state index contributed by atoms with van der Waals surface area (Å²) in [6, 6.07) is 4.27. The highest BCUT2D eigenvalue weighted by Crippen LogP contribution is 2.31. The van der Waals surface area contributed by atoms with Crippen molar-refractivity contribution in [1.82, 2.24) is 10.3 Å². The number of halogens is 1. The number of likely N-dealkylation sites (N-methyl/N-ethyl adjacent to an activating group) is 1. The Morgan fingerprint density at radius 2 is 2.44 bits per heavy atom. The largest absolute Gasteiger partial charge is 0.351 e. The maximum atomic E-state index is 8.96. The minimum atomic E-state index is 0.437. The Labute approximate surface area is 113 Å². The van der Waals surface area contributed by atoms with Gasteiger partial charge in [-0.3, -0.25) is 0 Å². The molecule has 2 heterocycles. The van der Waals surface area contributed by atoms with E-state index in [-0.39, 0.29) is 0 Å². The zero-order valence-electron chi connectivity index (χ0n) is 10.7. The van der Waals surface area contributed by atoms with Gasteiger partial charge in [0.15, 0.2) is 0 Å². The van der Waals surface area contributed by atoms with E-state index in [0.717, 1.165) is 37.4 Å². The van der Waals surface area contributed by atoms with Crippen LogP contribution in [0.5, 0.6) is 0 Å².